The summed E-state index contributed by atoms with van der Waals surface area (Å²) in [5.41, 5.74) is 4.38. The number of fused-ring (bicyclic) bond motifs is 2. The van der Waals surface area contributed by atoms with E-state index in [4.69, 9.17) is 0 Å². The molecule has 29 heavy (non-hydrogen) atoms. The Kier molecular flexibility index (Phi) is 5.88. The van der Waals surface area contributed by atoms with Gasteiger partial charge in [-0.15, -0.1) is 12.6 Å². The van der Waals surface area contributed by atoms with E-state index in [0.29, 0.717) is 0 Å². The van der Waals surface area contributed by atoms with Crippen LogP contribution in [0.1, 0.15) is 36.9 Å². The predicted molar refractivity (Wildman–Crippen MR) is 117 cm³/mol. The first-order chi connectivity index (χ1) is 14.1. The fourth-order valence-corrected chi connectivity index (χ4v) is 4.47. The van der Waals surface area contributed by atoms with Crippen LogP contribution in [0.5, 0.6) is 0 Å². The molecule has 3 nitrogen and oxygen atoms in total. The fraction of sp³-hybridized carbons (Fsp3) is 0.292. The van der Waals surface area contributed by atoms with E-state index in [9.17, 15) is 9.50 Å². The Morgan fingerprint density at radius 1 is 1.07 bits per heavy atom. The molecule has 0 bridgehead atoms. The number of benzene rings is 2. The largest absolute Gasteiger partial charge is 0.395 e. The lowest BCUT2D eigenvalue weighted by molar-refractivity contribution is 0.129. The minimum absolute atomic E-state index is 0.0814. The summed E-state index contributed by atoms with van der Waals surface area (Å²) in [6.07, 6.45) is 9.41. The van der Waals surface area contributed by atoms with Crippen molar-refractivity contribution in [1.29, 1.82) is 0 Å². The standard InChI is InChI=1S/C18H19FN2O.C6H6S/c19-15-4-6-16(7-5-15)21-17-9-14-3-1-2-8-18(14,12-22)10-13(17)11-20-21;7-6-4-2-1-3-5-6/h4-7,9,11,22H,1-3,8,10,12H2;1-5,7H. The van der Waals surface area contributed by atoms with E-state index < -0.39 is 0 Å². The van der Waals surface area contributed by atoms with E-state index in [0.717, 1.165) is 35.5 Å². The third kappa shape index (κ3) is 4.16. The molecule has 0 amide bonds. The molecule has 5 rings (SSSR count). The SMILES string of the molecule is OCC12CCCCC1=Cc1c(cnn1-c1ccc(F)cc1)C2.Sc1ccccc1. The number of aliphatic hydroxyl groups excluding tert-OH is 1. The Hall–Kier alpha value is -2.37. The molecule has 1 atom stereocenters. The highest BCUT2D eigenvalue weighted by Crippen LogP contribution is 2.47. The van der Waals surface area contributed by atoms with Crippen LogP contribution in [0.3, 0.4) is 0 Å². The van der Waals surface area contributed by atoms with Gasteiger partial charge >= 0.3 is 0 Å². The molecular formula is C24H25FN2OS. The Morgan fingerprint density at radius 2 is 1.83 bits per heavy atom. The highest BCUT2D eigenvalue weighted by Gasteiger charge is 2.39. The second-order valence-corrected chi connectivity index (χ2v) is 8.29. The second-order valence-electron chi connectivity index (χ2n) is 7.77. The van der Waals surface area contributed by atoms with Crippen LogP contribution in [0.2, 0.25) is 0 Å². The second kappa shape index (κ2) is 8.56. The Bertz CT molecular complexity index is 997. The van der Waals surface area contributed by atoms with Crippen LogP contribution in [0.15, 0.2) is 71.3 Å². The van der Waals surface area contributed by atoms with Crippen molar-refractivity contribution < 1.29 is 9.50 Å². The molecule has 150 valence electrons. The van der Waals surface area contributed by atoms with Crippen LogP contribution in [0.4, 0.5) is 4.39 Å². The number of rotatable bonds is 2. The molecular weight excluding hydrogens is 383 g/mol. The van der Waals surface area contributed by atoms with Crippen molar-refractivity contribution in [2.45, 2.75) is 37.0 Å². The number of halogens is 1. The summed E-state index contributed by atoms with van der Waals surface area (Å²) in [6.45, 7) is 0.208. The quantitative estimate of drug-likeness (QED) is 0.551. The van der Waals surface area contributed by atoms with Gasteiger partial charge < -0.3 is 5.11 Å². The molecule has 0 aliphatic heterocycles. The molecule has 1 saturated carbocycles. The molecule has 1 heterocycles. The summed E-state index contributed by atoms with van der Waals surface area (Å²) in [6, 6.07) is 16.2. The van der Waals surface area contributed by atoms with Gasteiger partial charge in [0.1, 0.15) is 5.82 Å². The normalized spacial score (nSPS) is 20.0. The maximum Gasteiger partial charge on any atom is 0.123 e. The lowest BCUT2D eigenvalue weighted by atomic mass is 9.65. The van der Waals surface area contributed by atoms with Crippen molar-refractivity contribution in [3.8, 4) is 5.69 Å². The topological polar surface area (TPSA) is 38.1 Å². The number of thiol groups is 1. The molecule has 2 aliphatic rings. The smallest absolute Gasteiger partial charge is 0.123 e. The zero-order chi connectivity index (χ0) is 20.3. The average Bonchev–Trinajstić information content (AvgIpc) is 3.16. The Labute approximate surface area is 176 Å². The number of hydrogen-bond donors (Lipinski definition) is 2. The average molecular weight is 409 g/mol. The highest BCUT2D eigenvalue weighted by molar-refractivity contribution is 7.80. The van der Waals surface area contributed by atoms with Crippen molar-refractivity contribution in [1.82, 2.24) is 9.78 Å². The first-order valence-electron chi connectivity index (χ1n) is 10.0. The van der Waals surface area contributed by atoms with Crippen molar-refractivity contribution in [2.75, 3.05) is 6.61 Å². The molecule has 3 aromatic rings. The van der Waals surface area contributed by atoms with Crippen LogP contribution in [-0.2, 0) is 6.42 Å². The first kappa shape index (κ1) is 19.9. The van der Waals surface area contributed by atoms with Crippen LogP contribution >= 0.6 is 12.6 Å². The van der Waals surface area contributed by atoms with Crippen LogP contribution in [0.25, 0.3) is 11.8 Å². The number of aliphatic hydroxyl groups is 1. The van der Waals surface area contributed by atoms with E-state index in [2.05, 4.69) is 23.8 Å². The minimum Gasteiger partial charge on any atom is -0.395 e. The maximum absolute atomic E-state index is 13.1. The zero-order valence-electron chi connectivity index (χ0n) is 16.3. The number of nitrogens with zero attached hydrogens (tertiary/aromatic N) is 2. The maximum atomic E-state index is 13.1. The van der Waals surface area contributed by atoms with E-state index >= 15 is 0 Å². The zero-order valence-corrected chi connectivity index (χ0v) is 17.2. The highest BCUT2D eigenvalue weighted by atomic mass is 32.1. The van der Waals surface area contributed by atoms with Gasteiger partial charge in [-0.3, -0.25) is 0 Å². The van der Waals surface area contributed by atoms with Gasteiger partial charge in [-0.05, 0) is 73.7 Å². The van der Waals surface area contributed by atoms with Crippen molar-refractivity contribution in [3.63, 3.8) is 0 Å². The molecule has 1 N–H and O–H groups in total. The first-order valence-corrected chi connectivity index (χ1v) is 10.4. The minimum atomic E-state index is -0.241. The summed E-state index contributed by atoms with van der Waals surface area (Å²) in [5, 5.41) is 14.4. The lowest BCUT2D eigenvalue weighted by Gasteiger charge is -2.40. The van der Waals surface area contributed by atoms with E-state index in [1.807, 2.05) is 41.2 Å². The van der Waals surface area contributed by atoms with Crippen molar-refractivity contribution in [2.24, 2.45) is 5.41 Å². The van der Waals surface area contributed by atoms with Gasteiger partial charge in [0, 0.05) is 10.3 Å². The summed E-state index contributed by atoms with van der Waals surface area (Å²) in [5.74, 6) is -0.241. The summed E-state index contributed by atoms with van der Waals surface area (Å²) < 4.78 is 15.0. The van der Waals surface area contributed by atoms with E-state index in [1.54, 1.807) is 12.1 Å². The monoisotopic (exact) mass is 408 g/mol. The molecule has 1 fully saturated rings. The van der Waals surface area contributed by atoms with Crippen LogP contribution in [0, 0.1) is 11.2 Å². The Balaban J connectivity index is 0.000000249. The lowest BCUT2D eigenvalue weighted by Crippen LogP contribution is -2.35. The number of hydrogen-bond acceptors (Lipinski definition) is 3. The molecule has 0 radical (unpaired) electrons. The Morgan fingerprint density at radius 3 is 2.48 bits per heavy atom. The molecule has 1 unspecified atom stereocenters. The molecule has 2 aliphatic carbocycles. The molecule has 2 aromatic carbocycles. The van der Waals surface area contributed by atoms with Gasteiger partial charge in [-0.25, -0.2) is 9.07 Å². The molecule has 1 aromatic heterocycles. The number of aromatic nitrogens is 2. The summed E-state index contributed by atoms with van der Waals surface area (Å²) >= 11 is 4.08. The van der Waals surface area contributed by atoms with Crippen LogP contribution < -0.4 is 0 Å². The van der Waals surface area contributed by atoms with E-state index in [-0.39, 0.29) is 17.8 Å². The van der Waals surface area contributed by atoms with Gasteiger partial charge in [0.05, 0.1) is 24.2 Å². The van der Waals surface area contributed by atoms with Gasteiger partial charge in [-0.2, -0.15) is 5.10 Å². The predicted octanol–water partition coefficient (Wildman–Crippen LogP) is 5.48. The molecule has 0 spiro atoms. The van der Waals surface area contributed by atoms with Gasteiger partial charge in [0.15, 0.2) is 0 Å². The third-order valence-corrected chi connectivity index (χ3v) is 6.19. The molecule has 5 heteroatoms. The van der Waals surface area contributed by atoms with Gasteiger partial charge in [0.2, 0.25) is 0 Å². The summed E-state index contributed by atoms with van der Waals surface area (Å²) in [7, 11) is 0. The summed E-state index contributed by atoms with van der Waals surface area (Å²) in [4.78, 5) is 1.02. The fourth-order valence-electron chi connectivity index (χ4n) is 4.30. The molecule has 0 saturated heterocycles. The van der Waals surface area contributed by atoms with Crippen LogP contribution in [-0.4, -0.2) is 21.5 Å². The third-order valence-electron chi connectivity index (χ3n) is 5.89. The van der Waals surface area contributed by atoms with Gasteiger partial charge in [0.25, 0.3) is 0 Å². The van der Waals surface area contributed by atoms with Crippen molar-refractivity contribution >= 4 is 18.7 Å². The van der Waals surface area contributed by atoms with E-state index in [1.165, 1.54) is 36.1 Å². The van der Waals surface area contributed by atoms with Crippen molar-refractivity contribution in [3.05, 3.63) is 83.4 Å². The van der Waals surface area contributed by atoms with Gasteiger partial charge in [-0.1, -0.05) is 30.2 Å².